The van der Waals surface area contributed by atoms with Crippen LogP contribution in [0.4, 0.5) is 4.39 Å². The van der Waals surface area contributed by atoms with Gasteiger partial charge in [-0.3, -0.25) is 9.59 Å². The second kappa shape index (κ2) is 13.6. The molecule has 3 aromatic carbocycles. The lowest BCUT2D eigenvalue weighted by atomic mass is 10.0. The van der Waals surface area contributed by atoms with Crippen LogP contribution in [-0.2, 0) is 22.6 Å². The minimum atomic E-state index is -0.734. The van der Waals surface area contributed by atoms with Gasteiger partial charge in [-0.15, -0.1) is 11.8 Å². The van der Waals surface area contributed by atoms with Gasteiger partial charge < -0.3 is 10.2 Å². The molecule has 0 aliphatic heterocycles. The Balaban J connectivity index is 1.84. The Kier molecular flexibility index (Phi) is 10.2. The molecule has 3 aromatic rings. The number of benzene rings is 3. The maximum absolute atomic E-state index is 14.5. The van der Waals surface area contributed by atoms with E-state index in [-0.39, 0.29) is 30.6 Å². The summed E-state index contributed by atoms with van der Waals surface area (Å²) in [4.78, 5) is 29.3. The number of carbonyl (C=O) groups excluding carboxylic acids is 2. The summed E-state index contributed by atoms with van der Waals surface area (Å²) in [6.07, 6.45) is 1.40. The first-order chi connectivity index (χ1) is 16.6. The highest BCUT2D eigenvalue weighted by molar-refractivity contribution is 7.99. The fourth-order valence-electron chi connectivity index (χ4n) is 3.65. The topological polar surface area (TPSA) is 49.4 Å². The molecule has 0 aromatic heterocycles. The van der Waals surface area contributed by atoms with Gasteiger partial charge in [-0.2, -0.15) is 0 Å². The number of hydrogen-bond donors (Lipinski definition) is 1. The van der Waals surface area contributed by atoms with Crippen LogP contribution < -0.4 is 5.32 Å². The highest BCUT2D eigenvalue weighted by Crippen LogP contribution is 2.21. The van der Waals surface area contributed by atoms with Crippen molar-refractivity contribution in [2.24, 2.45) is 0 Å². The van der Waals surface area contributed by atoms with E-state index >= 15 is 0 Å². The monoisotopic (exact) mass is 478 g/mol. The summed E-state index contributed by atoms with van der Waals surface area (Å²) in [7, 11) is 0. The van der Waals surface area contributed by atoms with Gasteiger partial charge in [0.2, 0.25) is 11.8 Å². The first-order valence-corrected chi connectivity index (χ1v) is 12.6. The van der Waals surface area contributed by atoms with Crippen molar-refractivity contribution in [2.45, 2.75) is 43.7 Å². The largest absolute Gasteiger partial charge is 0.354 e. The zero-order chi connectivity index (χ0) is 24.2. The van der Waals surface area contributed by atoms with Crippen LogP contribution in [0, 0.1) is 5.82 Å². The average molecular weight is 479 g/mol. The highest BCUT2D eigenvalue weighted by Gasteiger charge is 2.30. The summed E-state index contributed by atoms with van der Waals surface area (Å²) in [5.74, 6) is -0.192. The van der Waals surface area contributed by atoms with Crippen LogP contribution >= 0.6 is 11.8 Å². The smallest absolute Gasteiger partial charge is 0.243 e. The molecule has 0 heterocycles. The van der Waals surface area contributed by atoms with Crippen LogP contribution in [0.5, 0.6) is 0 Å². The van der Waals surface area contributed by atoms with Crippen LogP contribution in [-0.4, -0.2) is 35.1 Å². The minimum absolute atomic E-state index is 0.0402. The minimum Gasteiger partial charge on any atom is -0.354 e. The maximum atomic E-state index is 14.5. The molecule has 1 unspecified atom stereocenters. The van der Waals surface area contributed by atoms with Crippen LogP contribution in [0.15, 0.2) is 89.8 Å². The predicted molar refractivity (Wildman–Crippen MR) is 136 cm³/mol. The standard InChI is InChI=1S/C28H31FN2O2S/c1-2-18-30-28(33)26(20-22-11-5-3-6-12-22)31(21-23-13-9-10-16-25(23)29)27(32)17-19-34-24-14-7-4-8-15-24/h3-16,26H,2,17-21H2,1H3,(H,30,33). The van der Waals surface area contributed by atoms with E-state index in [1.807, 2.05) is 67.6 Å². The quantitative estimate of drug-likeness (QED) is 0.351. The van der Waals surface area contributed by atoms with Gasteiger partial charge >= 0.3 is 0 Å². The molecule has 0 saturated carbocycles. The van der Waals surface area contributed by atoms with Crippen molar-refractivity contribution in [2.75, 3.05) is 12.3 Å². The Morgan fingerprint density at radius 2 is 1.59 bits per heavy atom. The molecule has 34 heavy (non-hydrogen) atoms. The van der Waals surface area contributed by atoms with Gasteiger partial charge in [0.25, 0.3) is 0 Å². The number of carbonyl (C=O) groups is 2. The van der Waals surface area contributed by atoms with Gasteiger partial charge in [-0.05, 0) is 30.2 Å². The molecule has 0 radical (unpaired) electrons. The fraction of sp³-hybridized carbons (Fsp3) is 0.286. The van der Waals surface area contributed by atoms with E-state index in [1.165, 1.54) is 6.07 Å². The Bertz CT molecular complexity index is 1050. The van der Waals surface area contributed by atoms with E-state index in [9.17, 15) is 14.0 Å². The van der Waals surface area contributed by atoms with Crippen molar-refractivity contribution in [1.82, 2.24) is 10.2 Å². The third-order valence-corrected chi connectivity index (χ3v) is 6.46. The van der Waals surface area contributed by atoms with Gasteiger partial charge in [0.1, 0.15) is 11.9 Å². The summed E-state index contributed by atoms with van der Waals surface area (Å²) in [5, 5.41) is 2.94. The van der Waals surface area contributed by atoms with E-state index in [0.717, 1.165) is 16.9 Å². The molecular formula is C28H31FN2O2S. The molecule has 0 saturated heterocycles. The number of halogens is 1. The van der Waals surface area contributed by atoms with Crippen molar-refractivity contribution in [3.05, 3.63) is 102 Å². The number of thioether (sulfide) groups is 1. The number of nitrogens with one attached hydrogen (secondary N) is 1. The molecule has 1 atom stereocenters. The number of rotatable bonds is 12. The van der Waals surface area contributed by atoms with Crippen molar-refractivity contribution in [1.29, 1.82) is 0 Å². The van der Waals surface area contributed by atoms with Gasteiger partial charge in [0, 0.05) is 42.1 Å². The molecule has 4 nitrogen and oxygen atoms in total. The van der Waals surface area contributed by atoms with Crippen LogP contribution in [0.3, 0.4) is 0 Å². The molecular weight excluding hydrogens is 447 g/mol. The van der Waals surface area contributed by atoms with Crippen LogP contribution in [0.25, 0.3) is 0 Å². The van der Waals surface area contributed by atoms with Gasteiger partial charge in [-0.25, -0.2) is 4.39 Å². The normalized spacial score (nSPS) is 11.6. The Morgan fingerprint density at radius 3 is 2.26 bits per heavy atom. The second-order valence-corrected chi connectivity index (χ2v) is 9.19. The predicted octanol–water partition coefficient (Wildman–Crippen LogP) is 5.47. The third kappa shape index (κ3) is 7.73. The molecule has 0 bridgehead atoms. The van der Waals surface area contributed by atoms with Crippen LogP contribution in [0.2, 0.25) is 0 Å². The molecule has 178 valence electrons. The zero-order valence-corrected chi connectivity index (χ0v) is 20.3. The molecule has 3 rings (SSSR count). The summed E-state index contributed by atoms with van der Waals surface area (Å²) in [6, 6.07) is 25.2. The zero-order valence-electron chi connectivity index (χ0n) is 19.5. The van der Waals surface area contributed by atoms with E-state index < -0.39 is 6.04 Å². The van der Waals surface area contributed by atoms with Gasteiger partial charge in [0.15, 0.2) is 0 Å². The SMILES string of the molecule is CCCNC(=O)C(Cc1ccccc1)N(Cc1ccccc1F)C(=O)CCSc1ccccc1. The van der Waals surface area contributed by atoms with E-state index in [0.29, 0.717) is 24.3 Å². The van der Waals surface area contributed by atoms with E-state index in [2.05, 4.69) is 5.32 Å². The first-order valence-electron chi connectivity index (χ1n) is 11.6. The summed E-state index contributed by atoms with van der Waals surface area (Å²) < 4.78 is 14.5. The number of hydrogen-bond acceptors (Lipinski definition) is 3. The number of nitrogens with zero attached hydrogens (tertiary/aromatic N) is 1. The first kappa shape index (κ1) is 25.5. The second-order valence-electron chi connectivity index (χ2n) is 8.02. The molecule has 0 fully saturated rings. The Labute approximate surface area is 205 Å². The number of amides is 2. The molecule has 1 N–H and O–H groups in total. The summed E-state index contributed by atoms with van der Waals surface area (Å²) >= 11 is 1.59. The molecule has 6 heteroatoms. The Hall–Kier alpha value is -3.12. The lowest BCUT2D eigenvalue weighted by molar-refractivity contribution is -0.141. The molecule has 0 aliphatic carbocycles. The van der Waals surface area contributed by atoms with Gasteiger partial charge in [0.05, 0.1) is 0 Å². The van der Waals surface area contributed by atoms with E-state index in [1.54, 1.807) is 34.9 Å². The highest BCUT2D eigenvalue weighted by atomic mass is 32.2. The van der Waals surface area contributed by atoms with Crippen LogP contribution in [0.1, 0.15) is 30.9 Å². The van der Waals surface area contributed by atoms with Crippen molar-refractivity contribution < 1.29 is 14.0 Å². The van der Waals surface area contributed by atoms with Gasteiger partial charge in [-0.1, -0.05) is 73.7 Å². The van der Waals surface area contributed by atoms with E-state index in [4.69, 9.17) is 0 Å². The maximum Gasteiger partial charge on any atom is 0.243 e. The fourth-order valence-corrected chi connectivity index (χ4v) is 4.51. The molecule has 0 spiro atoms. The van der Waals surface area contributed by atoms with Crippen molar-refractivity contribution in [3.63, 3.8) is 0 Å². The lowest BCUT2D eigenvalue weighted by Crippen LogP contribution is -2.50. The lowest BCUT2D eigenvalue weighted by Gasteiger charge is -2.31. The summed E-state index contributed by atoms with van der Waals surface area (Å²) in [5.41, 5.74) is 1.34. The summed E-state index contributed by atoms with van der Waals surface area (Å²) in [6.45, 7) is 2.55. The van der Waals surface area contributed by atoms with Crippen molar-refractivity contribution >= 4 is 23.6 Å². The Morgan fingerprint density at radius 1 is 0.941 bits per heavy atom. The third-order valence-electron chi connectivity index (χ3n) is 5.45. The van der Waals surface area contributed by atoms with Crippen molar-refractivity contribution in [3.8, 4) is 0 Å². The average Bonchev–Trinajstić information content (AvgIpc) is 2.87. The molecule has 0 aliphatic rings. The molecule has 2 amide bonds.